The molecule has 1 atom stereocenters. The molecule has 0 aromatic heterocycles. The van der Waals surface area contributed by atoms with Crippen molar-refractivity contribution in [1.29, 1.82) is 5.26 Å². The smallest absolute Gasteiger partial charge is 0.161 e. The Labute approximate surface area is 136 Å². The zero-order valence-corrected chi connectivity index (χ0v) is 13.2. The Morgan fingerprint density at radius 3 is 2.57 bits per heavy atom. The SMILES string of the molecule is CC(NCc1ccc(C#N)cc1)c1ccc2c(c1)OCCCO2. The molecule has 0 bridgehead atoms. The molecule has 1 aliphatic rings. The van der Waals surface area contributed by atoms with Gasteiger partial charge in [0.25, 0.3) is 0 Å². The highest BCUT2D eigenvalue weighted by atomic mass is 16.5. The topological polar surface area (TPSA) is 54.3 Å². The van der Waals surface area contributed by atoms with E-state index in [-0.39, 0.29) is 6.04 Å². The van der Waals surface area contributed by atoms with Crippen molar-refractivity contribution in [2.45, 2.75) is 25.9 Å². The van der Waals surface area contributed by atoms with Crippen LogP contribution in [0.1, 0.15) is 36.1 Å². The average molecular weight is 308 g/mol. The zero-order chi connectivity index (χ0) is 16.1. The largest absolute Gasteiger partial charge is 0.490 e. The summed E-state index contributed by atoms with van der Waals surface area (Å²) >= 11 is 0. The Balaban J connectivity index is 1.64. The van der Waals surface area contributed by atoms with Gasteiger partial charge in [0.2, 0.25) is 0 Å². The summed E-state index contributed by atoms with van der Waals surface area (Å²) < 4.78 is 11.4. The highest BCUT2D eigenvalue weighted by molar-refractivity contribution is 5.44. The second-order valence-electron chi connectivity index (χ2n) is 5.67. The Kier molecular flexibility index (Phi) is 4.80. The van der Waals surface area contributed by atoms with Crippen LogP contribution >= 0.6 is 0 Å². The summed E-state index contributed by atoms with van der Waals surface area (Å²) in [5.74, 6) is 1.65. The third-order valence-electron chi connectivity index (χ3n) is 3.97. The standard InChI is InChI=1S/C19H20N2O2/c1-14(21-13-16-5-3-15(12-20)4-6-16)17-7-8-18-19(11-17)23-10-2-9-22-18/h3-8,11,14,21H,2,9-10,13H2,1H3. The first kappa shape index (κ1) is 15.4. The molecule has 0 fully saturated rings. The van der Waals surface area contributed by atoms with Crippen molar-refractivity contribution >= 4 is 0 Å². The lowest BCUT2D eigenvalue weighted by atomic mass is 10.1. The van der Waals surface area contributed by atoms with Crippen LogP contribution < -0.4 is 14.8 Å². The minimum Gasteiger partial charge on any atom is -0.490 e. The normalized spacial score (nSPS) is 14.6. The van der Waals surface area contributed by atoms with Gasteiger partial charge in [0.05, 0.1) is 24.8 Å². The molecule has 4 nitrogen and oxygen atoms in total. The maximum absolute atomic E-state index is 8.82. The van der Waals surface area contributed by atoms with Crippen molar-refractivity contribution in [3.05, 3.63) is 59.2 Å². The first-order chi connectivity index (χ1) is 11.3. The molecule has 0 radical (unpaired) electrons. The number of fused-ring (bicyclic) bond motifs is 1. The second kappa shape index (κ2) is 7.17. The van der Waals surface area contributed by atoms with Crippen molar-refractivity contribution < 1.29 is 9.47 Å². The van der Waals surface area contributed by atoms with Gasteiger partial charge in [0.1, 0.15) is 0 Å². The molecule has 4 heteroatoms. The molecule has 0 saturated carbocycles. The predicted molar refractivity (Wildman–Crippen MR) is 88.5 cm³/mol. The van der Waals surface area contributed by atoms with Crippen molar-refractivity contribution in [1.82, 2.24) is 5.32 Å². The van der Waals surface area contributed by atoms with Crippen molar-refractivity contribution in [3.8, 4) is 17.6 Å². The van der Waals surface area contributed by atoms with Gasteiger partial charge >= 0.3 is 0 Å². The van der Waals surface area contributed by atoms with Gasteiger partial charge in [-0.3, -0.25) is 0 Å². The number of ether oxygens (including phenoxy) is 2. The van der Waals surface area contributed by atoms with Crippen LogP contribution in [0.3, 0.4) is 0 Å². The monoisotopic (exact) mass is 308 g/mol. The van der Waals surface area contributed by atoms with Crippen LogP contribution in [0.2, 0.25) is 0 Å². The number of hydrogen-bond acceptors (Lipinski definition) is 4. The van der Waals surface area contributed by atoms with Crippen LogP contribution in [0.25, 0.3) is 0 Å². The molecular weight excluding hydrogens is 288 g/mol. The molecule has 2 aromatic rings. The third kappa shape index (κ3) is 3.82. The molecular formula is C19H20N2O2. The van der Waals surface area contributed by atoms with E-state index in [1.807, 2.05) is 30.3 Å². The number of nitriles is 1. The fourth-order valence-electron chi connectivity index (χ4n) is 2.54. The van der Waals surface area contributed by atoms with Gasteiger partial charge in [0.15, 0.2) is 11.5 Å². The van der Waals surface area contributed by atoms with E-state index < -0.39 is 0 Å². The molecule has 23 heavy (non-hydrogen) atoms. The lowest BCUT2D eigenvalue weighted by molar-refractivity contribution is 0.297. The molecule has 0 spiro atoms. The van der Waals surface area contributed by atoms with Gasteiger partial charge in [0, 0.05) is 19.0 Å². The van der Waals surface area contributed by atoms with Gasteiger partial charge in [-0.2, -0.15) is 5.26 Å². The lowest BCUT2D eigenvalue weighted by Crippen LogP contribution is -2.18. The van der Waals surface area contributed by atoms with Gasteiger partial charge in [-0.25, -0.2) is 0 Å². The number of hydrogen-bond donors (Lipinski definition) is 1. The molecule has 2 aromatic carbocycles. The Morgan fingerprint density at radius 2 is 1.83 bits per heavy atom. The summed E-state index contributed by atoms with van der Waals surface area (Å²) in [4.78, 5) is 0. The Morgan fingerprint density at radius 1 is 1.09 bits per heavy atom. The second-order valence-corrected chi connectivity index (χ2v) is 5.67. The molecule has 1 N–H and O–H groups in total. The van der Waals surface area contributed by atoms with E-state index in [4.69, 9.17) is 14.7 Å². The maximum atomic E-state index is 8.82. The molecule has 0 amide bonds. The fourth-order valence-corrected chi connectivity index (χ4v) is 2.54. The van der Waals surface area contributed by atoms with Crippen LogP contribution in [-0.4, -0.2) is 13.2 Å². The summed E-state index contributed by atoms with van der Waals surface area (Å²) in [6, 6.07) is 16.1. The summed E-state index contributed by atoms with van der Waals surface area (Å²) in [6.45, 7) is 4.28. The Bertz CT molecular complexity index is 704. The molecule has 0 aliphatic carbocycles. The Hall–Kier alpha value is -2.51. The number of benzene rings is 2. The number of rotatable bonds is 4. The van der Waals surface area contributed by atoms with Crippen LogP contribution in [0.5, 0.6) is 11.5 Å². The molecule has 1 aliphatic heterocycles. The summed E-state index contributed by atoms with van der Waals surface area (Å²) in [5.41, 5.74) is 3.01. The predicted octanol–water partition coefficient (Wildman–Crippen LogP) is 3.57. The zero-order valence-electron chi connectivity index (χ0n) is 13.2. The first-order valence-electron chi connectivity index (χ1n) is 7.88. The van der Waals surface area contributed by atoms with E-state index in [0.717, 1.165) is 30.0 Å². The average Bonchev–Trinajstić information content (AvgIpc) is 2.84. The van der Waals surface area contributed by atoms with Crippen LogP contribution in [0.4, 0.5) is 0 Å². The van der Waals surface area contributed by atoms with Crippen LogP contribution in [0, 0.1) is 11.3 Å². The van der Waals surface area contributed by atoms with Gasteiger partial charge in [-0.1, -0.05) is 18.2 Å². The molecule has 0 saturated heterocycles. The van der Waals surface area contributed by atoms with Crippen LogP contribution in [-0.2, 0) is 6.54 Å². The maximum Gasteiger partial charge on any atom is 0.161 e. The van der Waals surface area contributed by atoms with Crippen LogP contribution in [0.15, 0.2) is 42.5 Å². The van der Waals surface area contributed by atoms with E-state index in [2.05, 4.69) is 30.4 Å². The first-order valence-corrected chi connectivity index (χ1v) is 7.88. The van der Waals surface area contributed by atoms with Crippen molar-refractivity contribution in [3.63, 3.8) is 0 Å². The van der Waals surface area contributed by atoms with E-state index in [9.17, 15) is 0 Å². The minimum absolute atomic E-state index is 0.197. The highest BCUT2D eigenvalue weighted by Crippen LogP contribution is 2.32. The van der Waals surface area contributed by atoms with E-state index in [0.29, 0.717) is 18.8 Å². The molecule has 3 rings (SSSR count). The minimum atomic E-state index is 0.197. The summed E-state index contributed by atoms with van der Waals surface area (Å²) in [7, 11) is 0. The van der Waals surface area contributed by atoms with E-state index in [1.54, 1.807) is 0 Å². The number of nitrogens with one attached hydrogen (secondary N) is 1. The quantitative estimate of drug-likeness (QED) is 0.938. The summed E-state index contributed by atoms with van der Waals surface area (Å²) in [6.07, 6.45) is 0.913. The lowest BCUT2D eigenvalue weighted by Gasteiger charge is -2.16. The van der Waals surface area contributed by atoms with Gasteiger partial charge < -0.3 is 14.8 Å². The van der Waals surface area contributed by atoms with E-state index in [1.165, 1.54) is 5.56 Å². The van der Waals surface area contributed by atoms with Crippen molar-refractivity contribution in [2.24, 2.45) is 0 Å². The van der Waals surface area contributed by atoms with Gasteiger partial charge in [-0.15, -0.1) is 0 Å². The molecule has 1 unspecified atom stereocenters. The fraction of sp³-hybridized carbons (Fsp3) is 0.316. The highest BCUT2D eigenvalue weighted by Gasteiger charge is 2.13. The number of nitrogens with zero attached hydrogens (tertiary/aromatic N) is 1. The van der Waals surface area contributed by atoms with Crippen molar-refractivity contribution in [2.75, 3.05) is 13.2 Å². The molecule has 118 valence electrons. The van der Waals surface area contributed by atoms with E-state index >= 15 is 0 Å². The van der Waals surface area contributed by atoms with Gasteiger partial charge in [-0.05, 0) is 42.3 Å². The summed E-state index contributed by atoms with van der Waals surface area (Å²) in [5, 5.41) is 12.3. The third-order valence-corrected chi connectivity index (χ3v) is 3.97. The molecule has 1 heterocycles.